The third kappa shape index (κ3) is 12.3. The molecule has 0 heterocycles. The van der Waals surface area contributed by atoms with Crippen molar-refractivity contribution in [3.63, 3.8) is 0 Å². The maximum absolute atomic E-state index is 10.8. The van der Waals surface area contributed by atoms with Gasteiger partial charge in [-0.05, 0) is 66.9 Å². The summed E-state index contributed by atoms with van der Waals surface area (Å²) in [4.78, 5) is 3.94. The minimum Gasteiger partial charge on any atom is -0.744 e. The molecule has 0 unspecified atom stereocenters. The van der Waals surface area contributed by atoms with Gasteiger partial charge in [0.2, 0.25) is 0 Å². The predicted molar refractivity (Wildman–Crippen MR) is 171 cm³/mol. The molecule has 0 saturated carbocycles. The minimum atomic E-state index is -4.31. The molecule has 0 aromatic heterocycles. The van der Waals surface area contributed by atoms with Crippen LogP contribution in [0, 0.1) is 0 Å². The molecule has 0 spiro atoms. The molecular weight excluding hydrogens is 545 g/mol. The van der Waals surface area contributed by atoms with Crippen LogP contribution in [0.5, 0.6) is 0 Å². The van der Waals surface area contributed by atoms with Crippen LogP contribution in [0.2, 0.25) is 0 Å². The fourth-order valence-corrected chi connectivity index (χ4v) is 7.29. The number of aryl methyl sites for hydroxylation is 1. The average Bonchev–Trinajstić information content (AvgIpc) is 3.00. The molecule has 0 saturated heterocycles. The van der Waals surface area contributed by atoms with Crippen LogP contribution in [0.4, 0.5) is 0 Å². The lowest BCUT2D eigenvalue weighted by Gasteiger charge is -2.08. The summed E-state index contributed by atoms with van der Waals surface area (Å²) in [7, 11) is -4.33. The molecule has 0 amide bonds. The van der Waals surface area contributed by atoms with E-state index in [0.29, 0.717) is 0 Å². The predicted octanol–water partition coefficient (Wildman–Crippen LogP) is 9.84. The van der Waals surface area contributed by atoms with Gasteiger partial charge in [0, 0.05) is 0 Å². The Morgan fingerprint density at radius 3 is 1.24 bits per heavy atom. The normalized spacial score (nSPS) is 11.2. The highest BCUT2D eigenvalue weighted by Gasteiger charge is 2.27. The van der Waals surface area contributed by atoms with E-state index >= 15 is 0 Å². The van der Waals surface area contributed by atoms with Crippen molar-refractivity contribution in [2.75, 3.05) is 0 Å². The Kier molecular flexibility index (Phi) is 14.8. The van der Waals surface area contributed by atoms with Crippen LogP contribution in [0.1, 0.15) is 76.7 Å². The van der Waals surface area contributed by atoms with E-state index in [9.17, 15) is 13.0 Å². The van der Waals surface area contributed by atoms with Crippen molar-refractivity contribution >= 4 is 21.0 Å². The molecule has 0 aliphatic carbocycles. The first-order chi connectivity index (χ1) is 20.0. The molecule has 41 heavy (non-hydrogen) atoms. The van der Waals surface area contributed by atoms with Gasteiger partial charge < -0.3 is 4.55 Å². The second kappa shape index (κ2) is 18.5. The van der Waals surface area contributed by atoms with E-state index in [1.54, 1.807) is 12.1 Å². The molecule has 5 heteroatoms. The summed E-state index contributed by atoms with van der Waals surface area (Å²) in [6.07, 6.45) is 14.0. The zero-order chi connectivity index (χ0) is 29.2. The van der Waals surface area contributed by atoms with Gasteiger partial charge in [0.05, 0.1) is 15.8 Å². The van der Waals surface area contributed by atoms with Crippen LogP contribution < -0.4 is 0 Å². The summed E-state index contributed by atoms with van der Waals surface area (Å²) in [6.45, 7) is 2.24. The molecule has 0 N–H and O–H groups in total. The molecular formula is C36H44O3S2. The number of benzene rings is 4. The highest BCUT2D eigenvalue weighted by molar-refractivity contribution is 7.97. The lowest BCUT2D eigenvalue weighted by atomic mass is 10.0. The molecule has 4 aromatic carbocycles. The molecule has 218 valence electrons. The highest BCUT2D eigenvalue weighted by atomic mass is 32.2. The maximum atomic E-state index is 10.8. The number of rotatable bonds is 15. The van der Waals surface area contributed by atoms with E-state index in [0.717, 1.165) is 18.4 Å². The summed E-state index contributed by atoms with van der Waals surface area (Å²) in [5.74, 6) is 0. The largest absolute Gasteiger partial charge is 0.744 e. The molecule has 0 radical (unpaired) electrons. The van der Waals surface area contributed by atoms with Gasteiger partial charge in [-0.15, -0.1) is 0 Å². The smallest absolute Gasteiger partial charge is 0.166 e. The molecule has 4 aromatic rings. The van der Waals surface area contributed by atoms with Gasteiger partial charge in [-0.25, -0.2) is 8.42 Å². The van der Waals surface area contributed by atoms with E-state index in [4.69, 9.17) is 0 Å². The van der Waals surface area contributed by atoms with Crippen molar-refractivity contribution in [2.45, 2.75) is 97.1 Å². The Balaban J connectivity index is 0.000000227. The highest BCUT2D eigenvalue weighted by Crippen LogP contribution is 2.30. The Bertz CT molecular complexity index is 1230. The second-order valence-electron chi connectivity index (χ2n) is 10.3. The molecule has 4 rings (SSSR count). The van der Waals surface area contributed by atoms with Gasteiger partial charge in [0.1, 0.15) is 10.1 Å². The topological polar surface area (TPSA) is 57.2 Å². The zero-order valence-corrected chi connectivity index (χ0v) is 25.9. The third-order valence-corrected chi connectivity index (χ3v) is 10.0. The van der Waals surface area contributed by atoms with E-state index in [1.807, 2.05) is 0 Å². The third-order valence-electron chi connectivity index (χ3n) is 6.97. The molecule has 3 nitrogen and oxygen atoms in total. The first-order valence-electron chi connectivity index (χ1n) is 14.9. The van der Waals surface area contributed by atoms with E-state index in [-0.39, 0.29) is 15.8 Å². The van der Waals surface area contributed by atoms with E-state index in [1.165, 1.54) is 84.6 Å². The van der Waals surface area contributed by atoms with Crippen molar-refractivity contribution in [1.29, 1.82) is 0 Å². The summed E-state index contributed by atoms with van der Waals surface area (Å²) < 4.78 is 32.5. The first-order valence-corrected chi connectivity index (χ1v) is 17.6. The number of unbranched alkanes of at least 4 members (excludes halogenated alkanes) is 9. The van der Waals surface area contributed by atoms with Crippen LogP contribution in [0.25, 0.3) is 0 Å². The lowest BCUT2D eigenvalue weighted by molar-refractivity contribution is 0.463. The van der Waals surface area contributed by atoms with Gasteiger partial charge in [0.25, 0.3) is 0 Å². The SMILES string of the molecule is CCCCCCCCCCCCc1ccc(S(=O)(=O)[O-])cc1.c1ccc([S+](c2ccccc2)c2ccccc2)cc1. The van der Waals surface area contributed by atoms with Crippen molar-refractivity contribution in [3.05, 3.63) is 121 Å². The van der Waals surface area contributed by atoms with Crippen molar-refractivity contribution in [2.24, 2.45) is 0 Å². The van der Waals surface area contributed by atoms with E-state index < -0.39 is 10.1 Å². The summed E-state index contributed by atoms with van der Waals surface area (Å²) >= 11 is 0. The van der Waals surface area contributed by atoms with Crippen molar-refractivity contribution in [3.8, 4) is 0 Å². The molecule has 0 aliphatic rings. The first kappa shape index (κ1) is 32.7. The van der Waals surface area contributed by atoms with Crippen LogP contribution >= 0.6 is 0 Å². The number of hydrogen-bond donors (Lipinski definition) is 0. The molecule has 0 bridgehead atoms. The van der Waals surface area contributed by atoms with Gasteiger partial charge in [-0.1, -0.05) is 131 Å². The summed E-state index contributed by atoms with van der Waals surface area (Å²) in [6, 6.07) is 38.5. The second-order valence-corrected chi connectivity index (χ2v) is 13.7. The Morgan fingerprint density at radius 2 is 0.878 bits per heavy atom. The minimum absolute atomic E-state index is 0.0146. The van der Waals surface area contributed by atoms with Gasteiger partial charge in [0.15, 0.2) is 14.7 Å². The molecule has 0 aliphatic heterocycles. The summed E-state index contributed by atoms with van der Waals surface area (Å²) in [5.41, 5.74) is 1.10. The fourth-order valence-electron chi connectivity index (χ4n) is 4.72. The standard InChI is InChI=1S/C18H30O3S.C18H15S/c1-2-3-4-5-6-7-8-9-10-11-12-17-13-15-18(16-14-17)22(19,20)21;1-4-10-16(11-5-1)19(17-12-6-2-7-13-17)18-14-8-3-9-15-18/h13-16H,2-12H2,1H3,(H,19,20,21);1-15H/q;+1/p-1. The zero-order valence-electron chi connectivity index (χ0n) is 24.3. The van der Waals surface area contributed by atoms with Gasteiger partial charge in [-0.2, -0.15) is 0 Å². The van der Waals surface area contributed by atoms with Gasteiger partial charge >= 0.3 is 0 Å². The molecule has 0 fully saturated rings. The Labute approximate surface area is 251 Å². The number of hydrogen-bond acceptors (Lipinski definition) is 3. The maximum Gasteiger partial charge on any atom is 0.166 e. The van der Waals surface area contributed by atoms with Crippen molar-refractivity contribution in [1.82, 2.24) is 0 Å². The van der Waals surface area contributed by atoms with E-state index in [2.05, 4.69) is 97.9 Å². The van der Waals surface area contributed by atoms with Crippen molar-refractivity contribution < 1.29 is 13.0 Å². The fraction of sp³-hybridized carbons (Fsp3) is 0.333. The van der Waals surface area contributed by atoms with Crippen LogP contribution in [0.15, 0.2) is 135 Å². The Hall–Kier alpha value is -2.86. The van der Waals surface area contributed by atoms with Gasteiger partial charge in [-0.3, -0.25) is 0 Å². The van der Waals surface area contributed by atoms with Crippen LogP contribution in [-0.2, 0) is 27.4 Å². The van der Waals surface area contributed by atoms with Crippen LogP contribution in [0.3, 0.4) is 0 Å². The monoisotopic (exact) mass is 588 g/mol. The average molecular weight is 589 g/mol. The quantitative estimate of drug-likeness (QED) is 0.0789. The van der Waals surface area contributed by atoms with Crippen LogP contribution in [-0.4, -0.2) is 13.0 Å². The lowest BCUT2D eigenvalue weighted by Crippen LogP contribution is -2.04. The summed E-state index contributed by atoms with van der Waals surface area (Å²) in [5, 5.41) is 0. The Morgan fingerprint density at radius 1 is 0.512 bits per heavy atom. The molecule has 0 atom stereocenters.